The predicted molar refractivity (Wildman–Crippen MR) is 55.6 cm³/mol. The van der Waals surface area contributed by atoms with E-state index in [1.54, 1.807) is 0 Å². The van der Waals surface area contributed by atoms with Crippen molar-refractivity contribution >= 4 is 10.9 Å². The Balaban J connectivity index is 2.34. The summed E-state index contributed by atoms with van der Waals surface area (Å²) in [4.78, 5) is 4.41. The molecule has 0 N–H and O–H groups in total. The molecule has 1 aromatic carbocycles. The number of para-hydroxylation sites is 1. The van der Waals surface area contributed by atoms with Crippen molar-refractivity contribution in [2.75, 3.05) is 6.61 Å². The summed E-state index contributed by atoms with van der Waals surface area (Å²) >= 11 is 0. The molecule has 0 unspecified atom stereocenters. The summed E-state index contributed by atoms with van der Waals surface area (Å²) in [5.74, 6) is 1.04. The fourth-order valence-corrected chi connectivity index (χ4v) is 1.94. The molecule has 0 radical (unpaired) electrons. The maximum atomic E-state index is 5.70. The van der Waals surface area contributed by atoms with E-state index in [4.69, 9.17) is 4.74 Å². The Morgan fingerprint density at radius 3 is 3.14 bits per heavy atom. The molecule has 2 nitrogen and oxygen atoms in total. The number of pyridine rings is 1. The molecule has 3 rings (SSSR count). The van der Waals surface area contributed by atoms with Crippen LogP contribution in [0.2, 0.25) is 0 Å². The summed E-state index contributed by atoms with van der Waals surface area (Å²) in [6, 6.07) is 8.13. The monoisotopic (exact) mass is 185 g/mol. The highest BCUT2D eigenvalue weighted by atomic mass is 16.5. The van der Waals surface area contributed by atoms with Gasteiger partial charge < -0.3 is 4.74 Å². The minimum absolute atomic E-state index is 0.834. The lowest BCUT2D eigenvalue weighted by molar-refractivity contribution is 0.292. The molecule has 0 atom stereocenters. The molecule has 2 aromatic rings. The van der Waals surface area contributed by atoms with E-state index in [0.717, 1.165) is 36.1 Å². The average molecular weight is 185 g/mol. The van der Waals surface area contributed by atoms with Gasteiger partial charge in [0.1, 0.15) is 5.75 Å². The number of hydrogen-bond donors (Lipinski definition) is 0. The highest BCUT2D eigenvalue weighted by Crippen LogP contribution is 2.31. The number of hydrogen-bond acceptors (Lipinski definition) is 2. The van der Waals surface area contributed by atoms with E-state index in [0.29, 0.717) is 0 Å². The molecule has 0 fully saturated rings. The Bertz CT molecular complexity index is 479. The van der Waals surface area contributed by atoms with Gasteiger partial charge >= 0.3 is 0 Å². The second-order valence-electron chi connectivity index (χ2n) is 3.58. The summed E-state index contributed by atoms with van der Waals surface area (Å²) in [6.45, 7) is 0.834. The normalized spacial score (nSPS) is 14.9. The van der Waals surface area contributed by atoms with E-state index in [1.165, 1.54) is 5.56 Å². The van der Waals surface area contributed by atoms with Crippen LogP contribution in [0.5, 0.6) is 5.75 Å². The van der Waals surface area contributed by atoms with E-state index in [1.807, 2.05) is 24.4 Å². The molecule has 0 amide bonds. The molecule has 0 bridgehead atoms. The maximum absolute atomic E-state index is 5.70. The van der Waals surface area contributed by atoms with Gasteiger partial charge in [0, 0.05) is 17.1 Å². The Morgan fingerprint density at radius 2 is 2.14 bits per heavy atom. The van der Waals surface area contributed by atoms with E-state index in [9.17, 15) is 0 Å². The third-order valence-corrected chi connectivity index (χ3v) is 2.64. The molecule has 0 spiro atoms. The molecule has 14 heavy (non-hydrogen) atoms. The first-order valence-corrected chi connectivity index (χ1v) is 4.94. The number of aromatic nitrogens is 1. The van der Waals surface area contributed by atoms with Crippen LogP contribution in [0.4, 0.5) is 0 Å². The lowest BCUT2D eigenvalue weighted by atomic mass is 10.1. The van der Waals surface area contributed by atoms with Crippen molar-refractivity contribution in [3.63, 3.8) is 0 Å². The van der Waals surface area contributed by atoms with Crippen LogP contribution < -0.4 is 4.74 Å². The maximum Gasteiger partial charge on any atom is 0.133 e. The van der Waals surface area contributed by atoms with Crippen LogP contribution in [0.25, 0.3) is 10.9 Å². The van der Waals surface area contributed by atoms with E-state index >= 15 is 0 Å². The highest BCUT2D eigenvalue weighted by molar-refractivity contribution is 5.86. The summed E-state index contributed by atoms with van der Waals surface area (Å²) in [5.41, 5.74) is 2.27. The molecule has 2 heterocycles. The van der Waals surface area contributed by atoms with Crippen LogP contribution in [-0.4, -0.2) is 11.6 Å². The van der Waals surface area contributed by atoms with Crippen LogP contribution in [0, 0.1) is 0 Å². The molecule has 70 valence electrons. The van der Waals surface area contributed by atoms with Gasteiger partial charge in [-0.3, -0.25) is 4.98 Å². The van der Waals surface area contributed by atoms with Crippen molar-refractivity contribution in [1.29, 1.82) is 0 Å². The molecule has 2 heteroatoms. The molecule has 1 aliphatic heterocycles. The van der Waals surface area contributed by atoms with E-state index in [2.05, 4.69) is 11.1 Å². The molecule has 0 saturated heterocycles. The smallest absolute Gasteiger partial charge is 0.133 e. The van der Waals surface area contributed by atoms with Crippen LogP contribution in [0.15, 0.2) is 30.5 Å². The topological polar surface area (TPSA) is 22.1 Å². The minimum atomic E-state index is 0.834. The van der Waals surface area contributed by atoms with Crippen LogP contribution in [0.3, 0.4) is 0 Å². The van der Waals surface area contributed by atoms with Gasteiger partial charge in [-0.05, 0) is 25.0 Å². The Morgan fingerprint density at radius 1 is 1.21 bits per heavy atom. The van der Waals surface area contributed by atoms with Crippen LogP contribution >= 0.6 is 0 Å². The third kappa shape index (κ3) is 1.07. The summed E-state index contributed by atoms with van der Waals surface area (Å²) in [6.07, 6.45) is 4.14. The predicted octanol–water partition coefficient (Wildman–Crippen LogP) is 2.56. The molecular weight excluding hydrogens is 174 g/mol. The largest absolute Gasteiger partial charge is 0.493 e. The lowest BCUT2D eigenvalue weighted by Crippen LogP contribution is -2.09. The number of nitrogens with zero attached hydrogens (tertiary/aromatic N) is 1. The molecule has 0 aliphatic carbocycles. The van der Waals surface area contributed by atoms with Gasteiger partial charge in [-0.2, -0.15) is 0 Å². The summed E-state index contributed by atoms with van der Waals surface area (Å²) in [5, 5.41) is 1.14. The molecule has 0 saturated carbocycles. The Kier molecular flexibility index (Phi) is 1.66. The quantitative estimate of drug-likeness (QED) is 0.629. The van der Waals surface area contributed by atoms with Gasteiger partial charge in [0.05, 0.1) is 12.1 Å². The van der Waals surface area contributed by atoms with Crippen molar-refractivity contribution < 1.29 is 4.74 Å². The minimum Gasteiger partial charge on any atom is -0.493 e. The van der Waals surface area contributed by atoms with Gasteiger partial charge in [0.15, 0.2) is 0 Å². The van der Waals surface area contributed by atoms with Crippen LogP contribution in [0.1, 0.15) is 12.0 Å². The third-order valence-electron chi connectivity index (χ3n) is 2.64. The van der Waals surface area contributed by atoms with Crippen molar-refractivity contribution in [3.05, 3.63) is 36.0 Å². The van der Waals surface area contributed by atoms with Gasteiger partial charge in [-0.25, -0.2) is 0 Å². The van der Waals surface area contributed by atoms with Crippen molar-refractivity contribution in [2.45, 2.75) is 12.8 Å². The number of ether oxygens (including phenoxy) is 1. The number of aryl methyl sites for hydroxylation is 1. The van der Waals surface area contributed by atoms with Crippen molar-refractivity contribution in [3.8, 4) is 5.75 Å². The lowest BCUT2D eigenvalue weighted by Gasteiger charge is -2.18. The van der Waals surface area contributed by atoms with Gasteiger partial charge in [0.2, 0.25) is 0 Å². The van der Waals surface area contributed by atoms with E-state index in [-0.39, 0.29) is 0 Å². The first kappa shape index (κ1) is 7.80. The van der Waals surface area contributed by atoms with Gasteiger partial charge in [-0.1, -0.05) is 12.1 Å². The Hall–Kier alpha value is -1.57. The SMILES string of the molecule is c1ccc2c3c(cnc2c1)CCCO3. The van der Waals surface area contributed by atoms with Gasteiger partial charge in [0.25, 0.3) is 0 Å². The second kappa shape index (κ2) is 2.98. The summed E-state index contributed by atoms with van der Waals surface area (Å²) < 4.78 is 5.70. The molecule has 1 aromatic heterocycles. The fraction of sp³-hybridized carbons (Fsp3) is 0.250. The Labute approximate surface area is 82.5 Å². The van der Waals surface area contributed by atoms with Crippen molar-refractivity contribution in [1.82, 2.24) is 4.98 Å². The zero-order valence-corrected chi connectivity index (χ0v) is 7.86. The van der Waals surface area contributed by atoms with E-state index < -0.39 is 0 Å². The van der Waals surface area contributed by atoms with Crippen LogP contribution in [-0.2, 0) is 6.42 Å². The zero-order chi connectivity index (χ0) is 9.38. The fourth-order valence-electron chi connectivity index (χ4n) is 1.94. The molecular formula is C12H11NO. The molecule has 1 aliphatic rings. The van der Waals surface area contributed by atoms with Crippen molar-refractivity contribution in [2.24, 2.45) is 0 Å². The summed E-state index contributed by atoms with van der Waals surface area (Å²) in [7, 11) is 0. The highest BCUT2D eigenvalue weighted by Gasteiger charge is 2.13. The number of benzene rings is 1. The zero-order valence-electron chi connectivity index (χ0n) is 7.86. The van der Waals surface area contributed by atoms with Gasteiger partial charge in [-0.15, -0.1) is 0 Å². The number of rotatable bonds is 0. The standard InChI is InChI=1S/C12H11NO/c1-2-6-11-10(5-1)12-9(8-13-11)4-3-7-14-12/h1-2,5-6,8H,3-4,7H2. The first-order valence-electron chi connectivity index (χ1n) is 4.94. The first-order chi connectivity index (χ1) is 6.95. The second-order valence-corrected chi connectivity index (χ2v) is 3.58. The number of fused-ring (bicyclic) bond motifs is 3. The average Bonchev–Trinajstić information content (AvgIpc) is 2.29.